The predicted octanol–water partition coefficient (Wildman–Crippen LogP) is 2.89. The number of nitrogens with zero attached hydrogens (tertiary/aromatic N) is 1. The molecular formula is C16H22N2O2. The predicted molar refractivity (Wildman–Crippen MR) is 80.8 cm³/mol. The van der Waals surface area contributed by atoms with Crippen LogP contribution in [0.3, 0.4) is 0 Å². The van der Waals surface area contributed by atoms with Crippen LogP contribution in [0, 0.1) is 0 Å². The highest BCUT2D eigenvalue weighted by atomic mass is 16.5. The van der Waals surface area contributed by atoms with E-state index in [0.29, 0.717) is 19.8 Å². The molecule has 1 aromatic heterocycles. The Labute approximate surface area is 119 Å². The van der Waals surface area contributed by atoms with Gasteiger partial charge in [0.2, 0.25) is 0 Å². The second kappa shape index (κ2) is 6.20. The number of fused-ring (bicyclic) bond motifs is 1. The van der Waals surface area contributed by atoms with Crippen LogP contribution in [-0.2, 0) is 11.3 Å². The van der Waals surface area contributed by atoms with Gasteiger partial charge in [0, 0.05) is 18.0 Å². The summed E-state index contributed by atoms with van der Waals surface area (Å²) in [5.74, 6) is 0.813. The van der Waals surface area contributed by atoms with Gasteiger partial charge in [0.15, 0.2) is 0 Å². The van der Waals surface area contributed by atoms with Gasteiger partial charge in [0.05, 0.1) is 23.4 Å². The number of ether oxygens (including phenoxy) is 2. The number of pyridine rings is 1. The SMILES string of the molecule is CC(C)(C)OCCOc1cc(CN)nc2ccccc12. The second-order valence-corrected chi connectivity index (χ2v) is 5.64. The fourth-order valence-electron chi connectivity index (χ4n) is 1.92. The third-order valence-electron chi connectivity index (χ3n) is 2.82. The molecule has 2 aromatic rings. The van der Waals surface area contributed by atoms with E-state index in [4.69, 9.17) is 15.2 Å². The summed E-state index contributed by atoms with van der Waals surface area (Å²) >= 11 is 0. The Morgan fingerprint density at radius 3 is 2.60 bits per heavy atom. The van der Waals surface area contributed by atoms with Gasteiger partial charge < -0.3 is 15.2 Å². The average molecular weight is 274 g/mol. The first kappa shape index (κ1) is 14.8. The Balaban J connectivity index is 2.12. The van der Waals surface area contributed by atoms with E-state index in [1.165, 1.54) is 0 Å². The standard InChI is InChI=1S/C16H22N2O2/c1-16(2,3)20-9-8-19-15-10-12(11-17)18-14-7-5-4-6-13(14)15/h4-7,10H,8-9,11,17H2,1-3H3. The smallest absolute Gasteiger partial charge is 0.130 e. The number of rotatable bonds is 5. The lowest BCUT2D eigenvalue weighted by Gasteiger charge is -2.19. The summed E-state index contributed by atoms with van der Waals surface area (Å²) < 4.78 is 11.5. The monoisotopic (exact) mass is 274 g/mol. The lowest BCUT2D eigenvalue weighted by atomic mass is 10.2. The number of hydrogen-bond donors (Lipinski definition) is 1. The molecule has 0 bridgehead atoms. The van der Waals surface area contributed by atoms with E-state index in [1.54, 1.807) is 0 Å². The molecule has 4 heteroatoms. The van der Waals surface area contributed by atoms with Crippen molar-refractivity contribution in [2.75, 3.05) is 13.2 Å². The topological polar surface area (TPSA) is 57.4 Å². The van der Waals surface area contributed by atoms with Crippen molar-refractivity contribution < 1.29 is 9.47 Å². The molecule has 0 saturated heterocycles. The Morgan fingerprint density at radius 2 is 1.90 bits per heavy atom. The maximum Gasteiger partial charge on any atom is 0.130 e. The highest BCUT2D eigenvalue weighted by Crippen LogP contribution is 2.25. The molecule has 2 N–H and O–H groups in total. The second-order valence-electron chi connectivity index (χ2n) is 5.64. The Hall–Kier alpha value is -1.65. The first-order chi connectivity index (χ1) is 9.49. The third kappa shape index (κ3) is 3.92. The summed E-state index contributed by atoms with van der Waals surface area (Å²) in [5.41, 5.74) is 7.27. The molecule has 4 nitrogen and oxygen atoms in total. The highest BCUT2D eigenvalue weighted by Gasteiger charge is 2.10. The van der Waals surface area contributed by atoms with Gasteiger partial charge in [-0.3, -0.25) is 4.98 Å². The van der Waals surface area contributed by atoms with Gasteiger partial charge in [-0.05, 0) is 32.9 Å². The molecule has 0 aliphatic carbocycles. The van der Waals surface area contributed by atoms with Crippen molar-refractivity contribution in [1.29, 1.82) is 0 Å². The quantitative estimate of drug-likeness (QED) is 0.852. The number of nitrogens with two attached hydrogens (primary N) is 1. The van der Waals surface area contributed by atoms with E-state index in [9.17, 15) is 0 Å². The fourth-order valence-corrected chi connectivity index (χ4v) is 1.92. The molecule has 0 fully saturated rings. The zero-order valence-electron chi connectivity index (χ0n) is 12.3. The van der Waals surface area contributed by atoms with Gasteiger partial charge in [0.1, 0.15) is 12.4 Å². The summed E-state index contributed by atoms with van der Waals surface area (Å²) in [7, 11) is 0. The maximum atomic E-state index is 5.84. The average Bonchev–Trinajstić information content (AvgIpc) is 2.42. The first-order valence-corrected chi connectivity index (χ1v) is 6.85. The van der Waals surface area contributed by atoms with Crippen LogP contribution in [-0.4, -0.2) is 23.8 Å². The molecular weight excluding hydrogens is 252 g/mol. The molecule has 0 aliphatic heterocycles. The van der Waals surface area contributed by atoms with Crippen LogP contribution >= 0.6 is 0 Å². The van der Waals surface area contributed by atoms with E-state index in [1.807, 2.05) is 51.1 Å². The number of benzene rings is 1. The van der Waals surface area contributed by atoms with Gasteiger partial charge >= 0.3 is 0 Å². The molecule has 0 atom stereocenters. The third-order valence-corrected chi connectivity index (χ3v) is 2.82. The summed E-state index contributed by atoms with van der Waals surface area (Å²) in [6.45, 7) is 7.55. The number of hydrogen-bond acceptors (Lipinski definition) is 4. The van der Waals surface area contributed by atoms with Crippen molar-refractivity contribution in [2.45, 2.75) is 32.9 Å². The normalized spacial score (nSPS) is 11.8. The van der Waals surface area contributed by atoms with Crippen LogP contribution < -0.4 is 10.5 Å². The zero-order valence-corrected chi connectivity index (χ0v) is 12.3. The largest absolute Gasteiger partial charge is 0.490 e. The molecule has 0 aliphatic rings. The number of para-hydroxylation sites is 1. The van der Waals surface area contributed by atoms with Crippen molar-refractivity contribution in [3.63, 3.8) is 0 Å². The lowest BCUT2D eigenvalue weighted by Crippen LogP contribution is -2.22. The molecule has 0 amide bonds. The minimum atomic E-state index is -0.147. The van der Waals surface area contributed by atoms with Crippen molar-refractivity contribution in [1.82, 2.24) is 4.98 Å². The van der Waals surface area contributed by atoms with Crippen LogP contribution in [0.2, 0.25) is 0 Å². The van der Waals surface area contributed by atoms with E-state index < -0.39 is 0 Å². The van der Waals surface area contributed by atoms with Gasteiger partial charge in [-0.25, -0.2) is 0 Å². The van der Waals surface area contributed by atoms with E-state index in [2.05, 4.69) is 4.98 Å². The minimum absolute atomic E-state index is 0.147. The van der Waals surface area contributed by atoms with E-state index in [-0.39, 0.29) is 5.60 Å². The fraction of sp³-hybridized carbons (Fsp3) is 0.438. The maximum absolute atomic E-state index is 5.84. The molecule has 0 spiro atoms. The Kier molecular flexibility index (Phi) is 4.57. The van der Waals surface area contributed by atoms with Gasteiger partial charge in [-0.2, -0.15) is 0 Å². The molecule has 20 heavy (non-hydrogen) atoms. The minimum Gasteiger partial charge on any atom is -0.490 e. The summed E-state index contributed by atoms with van der Waals surface area (Å²) in [6, 6.07) is 9.81. The molecule has 1 aromatic carbocycles. The molecule has 0 radical (unpaired) electrons. The van der Waals surface area contributed by atoms with Gasteiger partial charge in [-0.15, -0.1) is 0 Å². The molecule has 2 rings (SSSR count). The Morgan fingerprint density at radius 1 is 1.15 bits per heavy atom. The van der Waals surface area contributed by atoms with Crippen molar-refractivity contribution in [3.8, 4) is 5.75 Å². The van der Waals surface area contributed by atoms with Crippen molar-refractivity contribution in [2.24, 2.45) is 5.73 Å². The summed E-state index contributed by atoms with van der Waals surface area (Å²) in [5, 5.41) is 1.00. The van der Waals surface area contributed by atoms with Crippen LogP contribution in [0.4, 0.5) is 0 Å². The molecule has 1 heterocycles. The summed E-state index contributed by atoms with van der Waals surface area (Å²) in [6.07, 6.45) is 0. The van der Waals surface area contributed by atoms with Crippen LogP contribution in [0.15, 0.2) is 30.3 Å². The zero-order chi connectivity index (χ0) is 14.6. The van der Waals surface area contributed by atoms with Crippen LogP contribution in [0.5, 0.6) is 5.75 Å². The van der Waals surface area contributed by atoms with Crippen molar-refractivity contribution >= 4 is 10.9 Å². The molecule has 0 unspecified atom stereocenters. The van der Waals surface area contributed by atoms with Gasteiger partial charge in [-0.1, -0.05) is 12.1 Å². The van der Waals surface area contributed by atoms with Crippen molar-refractivity contribution in [3.05, 3.63) is 36.0 Å². The van der Waals surface area contributed by atoms with E-state index in [0.717, 1.165) is 22.3 Å². The first-order valence-electron chi connectivity index (χ1n) is 6.85. The highest BCUT2D eigenvalue weighted by molar-refractivity contribution is 5.85. The molecule has 0 saturated carbocycles. The molecule has 108 valence electrons. The lowest BCUT2D eigenvalue weighted by molar-refractivity contribution is -0.0161. The number of aromatic nitrogens is 1. The summed E-state index contributed by atoms with van der Waals surface area (Å²) in [4.78, 5) is 4.49. The van der Waals surface area contributed by atoms with Crippen LogP contribution in [0.1, 0.15) is 26.5 Å². The Bertz CT molecular complexity index is 576. The van der Waals surface area contributed by atoms with Gasteiger partial charge in [0.25, 0.3) is 0 Å². The van der Waals surface area contributed by atoms with E-state index >= 15 is 0 Å². The van der Waals surface area contributed by atoms with Crippen LogP contribution in [0.25, 0.3) is 10.9 Å².